The van der Waals surface area contributed by atoms with E-state index in [2.05, 4.69) is 5.32 Å². The van der Waals surface area contributed by atoms with E-state index in [0.29, 0.717) is 19.1 Å². The largest absolute Gasteiger partial charge is 0.481 e. The molecule has 0 spiro atoms. The predicted molar refractivity (Wildman–Crippen MR) is 51.6 cm³/mol. The Bertz CT molecular complexity index is 329. The van der Waals surface area contributed by atoms with Crippen molar-refractivity contribution in [3.05, 3.63) is 0 Å². The number of carboxylic acid groups (broad SMARTS) is 1. The molecule has 0 saturated carbocycles. The molecular formula is C10H13NO5. The number of amides is 1. The Balaban J connectivity index is 2.09. The maximum atomic E-state index is 11.7. The fraction of sp³-hybridized carbons (Fsp3) is 0.700. The van der Waals surface area contributed by atoms with E-state index >= 15 is 0 Å². The molecule has 0 aromatic rings. The second-order valence-corrected chi connectivity index (χ2v) is 4.09. The number of nitrogens with one attached hydrogen (secondary N) is 1. The molecule has 2 N–H and O–H groups in total. The first kappa shape index (κ1) is 11.1. The summed E-state index contributed by atoms with van der Waals surface area (Å²) in [7, 11) is 0. The summed E-state index contributed by atoms with van der Waals surface area (Å²) < 4.78 is 5.43. The number of hydrogen-bond donors (Lipinski definition) is 2. The van der Waals surface area contributed by atoms with Gasteiger partial charge in [0.2, 0.25) is 5.91 Å². The highest BCUT2D eigenvalue weighted by atomic mass is 16.5. The number of aliphatic carboxylic acids is 1. The zero-order valence-electron chi connectivity index (χ0n) is 8.59. The molecule has 2 aliphatic rings. The number of rotatable bonds is 4. The molecule has 88 valence electrons. The second kappa shape index (κ2) is 4.21. The van der Waals surface area contributed by atoms with Gasteiger partial charge in [0.15, 0.2) is 0 Å². The van der Waals surface area contributed by atoms with Crippen LogP contribution in [0, 0.1) is 11.8 Å². The highest BCUT2D eigenvalue weighted by Gasteiger charge is 2.55. The summed E-state index contributed by atoms with van der Waals surface area (Å²) in [5.41, 5.74) is 0. The van der Waals surface area contributed by atoms with Gasteiger partial charge in [-0.25, -0.2) is 0 Å². The smallest absolute Gasteiger partial charge is 0.310 e. The highest BCUT2D eigenvalue weighted by Crippen LogP contribution is 2.43. The van der Waals surface area contributed by atoms with E-state index in [1.807, 2.05) is 0 Å². The first-order valence-corrected chi connectivity index (χ1v) is 5.24. The molecule has 1 amide bonds. The second-order valence-electron chi connectivity index (χ2n) is 4.09. The maximum Gasteiger partial charge on any atom is 0.310 e. The number of carboxylic acids is 1. The van der Waals surface area contributed by atoms with Crippen LogP contribution in [0.3, 0.4) is 0 Å². The Hall–Kier alpha value is -1.43. The molecule has 6 nitrogen and oxygen atoms in total. The van der Waals surface area contributed by atoms with E-state index < -0.39 is 23.7 Å². The van der Waals surface area contributed by atoms with Crippen molar-refractivity contribution in [2.45, 2.75) is 25.0 Å². The molecule has 2 bridgehead atoms. The summed E-state index contributed by atoms with van der Waals surface area (Å²) in [4.78, 5) is 32.9. The van der Waals surface area contributed by atoms with E-state index in [1.165, 1.54) is 0 Å². The van der Waals surface area contributed by atoms with Crippen molar-refractivity contribution < 1.29 is 24.2 Å². The fourth-order valence-corrected chi connectivity index (χ4v) is 2.58. The first-order chi connectivity index (χ1) is 7.65. The Labute approximate surface area is 92.0 Å². The van der Waals surface area contributed by atoms with Crippen LogP contribution in [0.5, 0.6) is 0 Å². The number of aldehydes is 1. The molecule has 2 saturated heterocycles. The number of hydrogen-bond acceptors (Lipinski definition) is 4. The summed E-state index contributed by atoms with van der Waals surface area (Å²) in [6.07, 6.45) is 1.32. The number of fused-ring (bicyclic) bond motifs is 2. The van der Waals surface area contributed by atoms with Crippen LogP contribution in [0.4, 0.5) is 0 Å². The molecule has 0 aliphatic carbocycles. The monoisotopic (exact) mass is 227 g/mol. The van der Waals surface area contributed by atoms with Gasteiger partial charge in [0.1, 0.15) is 6.29 Å². The molecule has 2 fully saturated rings. The van der Waals surface area contributed by atoms with Crippen LogP contribution in [0.25, 0.3) is 0 Å². The minimum atomic E-state index is -1.00. The topological polar surface area (TPSA) is 92.7 Å². The third-order valence-corrected chi connectivity index (χ3v) is 3.22. The molecule has 2 aliphatic heterocycles. The van der Waals surface area contributed by atoms with E-state index in [9.17, 15) is 14.4 Å². The average molecular weight is 227 g/mol. The zero-order chi connectivity index (χ0) is 11.7. The Morgan fingerprint density at radius 1 is 1.31 bits per heavy atom. The van der Waals surface area contributed by atoms with Crippen molar-refractivity contribution in [2.24, 2.45) is 11.8 Å². The molecule has 4 unspecified atom stereocenters. The molecular weight excluding hydrogens is 214 g/mol. The van der Waals surface area contributed by atoms with Gasteiger partial charge in [0.05, 0.1) is 30.6 Å². The van der Waals surface area contributed by atoms with Crippen molar-refractivity contribution >= 4 is 18.2 Å². The Morgan fingerprint density at radius 2 is 1.94 bits per heavy atom. The van der Waals surface area contributed by atoms with E-state index in [0.717, 1.165) is 0 Å². The molecule has 16 heavy (non-hydrogen) atoms. The summed E-state index contributed by atoms with van der Waals surface area (Å²) >= 11 is 0. The van der Waals surface area contributed by atoms with Crippen molar-refractivity contribution in [3.63, 3.8) is 0 Å². The van der Waals surface area contributed by atoms with E-state index in [1.54, 1.807) is 0 Å². The van der Waals surface area contributed by atoms with Crippen molar-refractivity contribution in [3.8, 4) is 0 Å². The van der Waals surface area contributed by atoms with Gasteiger partial charge in [-0.1, -0.05) is 0 Å². The third-order valence-electron chi connectivity index (χ3n) is 3.22. The van der Waals surface area contributed by atoms with Gasteiger partial charge in [0, 0.05) is 0 Å². The first-order valence-electron chi connectivity index (χ1n) is 5.24. The van der Waals surface area contributed by atoms with E-state index in [-0.39, 0.29) is 18.8 Å². The van der Waals surface area contributed by atoms with Crippen LogP contribution in [0.2, 0.25) is 0 Å². The van der Waals surface area contributed by atoms with Crippen molar-refractivity contribution in [1.29, 1.82) is 0 Å². The minimum Gasteiger partial charge on any atom is -0.481 e. The van der Waals surface area contributed by atoms with E-state index in [4.69, 9.17) is 9.84 Å². The summed E-state index contributed by atoms with van der Waals surface area (Å²) in [6, 6.07) is 0. The van der Waals surface area contributed by atoms with Crippen LogP contribution in [-0.4, -0.2) is 42.0 Å². The molecule has 0 radical (unpaired) electrons. The van der Waals surface area contributed by atoms with Crippen LogP contribution >= 0.6 is 0 Å². The number of ether oxygens (including phenoxy) is 1. The molecule has 6 heteroatoms. The average Bonchev–Trinajstić information content (AvgIpc) is 2.84. The number of carbonyl (C=O) groups excluding carboxylic acids is 2. The van der Waals surface area contributed by atoms with Gasteiger partial charge in [-0.3, -0.25) is 9.59 Å². The van der Waals surface area contributed by atoms with Gasteiger partial charge >= 0.3 is 5.97 Å². The summed E-state index contributed by atoms with van der Waals surface area (Å²) in [6.45, 7) is -0.0843. The third kappa shape index (κ3) is 1.69. The van der Waals surface area contributed by atoms with Crippen molar-refractivity contribution in [1.82, 2.24) is 5.32 Å². The van der Waals surface area contributed by atoms with Crippen LogP contribution in [0.1, 0.15) is 12.8 Å². The minimum absolute atomic E-state index is 0.0843. The quantitative estimate of drug-likeness (QED) is 0.612. The van der Waals surface area contributed by atoms with Crippen LogP contribution in [-0.2, 0) is 19.1 Å². The van der Waals surface area contributed by atoms with Gasteiger partial charge in [0.25, 0.3) is 0 Å². The normalized spacial score (nSPS) is 36.0. The Kier molecular flexibility index (Phi) is 2.91. The lowest BCUT2D eigenvalue weighted by Gasteiger charge is -2.23. The fourth-order valence-electron chi connectivity index (χ4n) is 2.58. The zero-order valence-corrected chi connectivity index (χ0v) is 8.59. The molecule has 0 aromatic heterocycles. The van der Waals surface area contributed by atoms with Gasteiger partial charge in [-0.15, -0.1) is 0 Å². The lowest BCUT2D eigenvalue weighted by molar-refractivity contribution is -0.147. The van der Waals surface area contributed by atoms with Crippen molar-refractivity contribution in [2.75, 3.05) is 6.54 Å². The summed E-state index contributed by atoms with van der Waals surface area (Å²) in [5.74, 6) is -2.83. The molecule has 2 rings (SSSR count). The van der Waals surface area contributed by atoms with Gasteiger partial charge in [-0.2, -0.15) is 0 Å². The molecule has 4 atom stereocenters. The standard InChI is InChI=1S/C10H13NO5/c12-4-3-11-9(13)7-5-1-2-6(16-5)8(7)10(14)15/h4-8H,1-3H2,(H,11,13)(H,14,15). The van der Waals surface area contributed by atoms with Crippen LogP contribution in [0.15, 0.2) is 0 Å². The van der Waals surface area contributed by atoms with Gasteiger partial charge in [-0.05, 0) is 12.8 Å². The summed E-state index contributed by atoms with van der Waals surface area (Å²) in [5, 5.41) is 11.4. The van der Waals surface area contributed by atoms with Crippen LogP contribution < -0.4 is 5.32 Å². The number of carbonyl (C=O) groups is 3. The predicted octanol–water partition coefficient (Wildman–Crippen LogP) is -0.820. The lowest BCUT2D eigenvalue weighted by Crippen LogP contribution is -2.44. The highest BCUT2D eigenvalue weighted by molar-refractivity contribution is 5.87. The SMILES string of the molecule is O=CCNC(=O)C1C2CCC(O2)C1C(=O)O. The molecule has 0 aromatic carbocycles. The Morgan fingerprint density at radius 3 is 2.50 bits per heavy atom. The molecule has 2 heterocycles. The van der Waals surface area contributed by atoms with Gasteiger partial charge < -0.3 is 20.0 Å². The maximum absolute atomic E-state index is 11.7. The lowest BCUT2D eigenvalue weighted by atomic mass is 9.79.